The number of rotatable bonds is 10. The molecular weight excluding hydrogens is 621 g/mol. The van der Waals surface area contributed by atoms with Crippen molar-refractivity contribution in [3.05, 3.63) is 71.1 Å². The van der Waals surface area contributed by atoms with Crippen LogP contribution in [0.3, 0.4) is 0 Å². The van der Waals surface area contributed by atoms with Crippen LogP contribution in [-0.4, -0.2) is 59.4 Å². The predicted octanol–water partition coefficient (Wildman–Crippen LogP) is 4.49. The zero-order valence-electron chi connectivity index (χ0n) is 24.5. The van der Waals surface area contributed by atoms with Crippen LogP contribution in [0, 0.1) is 18.0 Å². The van der Waals surface area contributed by atoms with E-state index in [0.717, 1.165) is 33.5 Å². The van der Waals surface area contributed by atoms with Gasteiger partial charge in [0.25, 0.3) is 16.3 Å². The number of aryl methyl sites for hydroxylation is 1. The molecule has 4 rings (SSSR count). The molecule has 2 atom stereocenters. The van der Waals surface area contributed by atoms with Gasteiger partial charge in [0.15, 0.2) is 5.69 Å². The van der Waals surface area contributed by atoms with E-state index in [1.165, 1.54) is 19.1 Å². The highest BCUT2D eigenvalue weighted by Crippen LogP contribution is 2.33. The first-order valence-corrected chi connectivity index (χ1v) is 15.4. The normalized spacial score (nSPS) is 16.6. The number of alkyl halides is 3. The summed E-state index contributed by atoms with van der Waals surface area (Å²) in [5.41, 5.74) is 0.575. The Labute approximate surface area is 256 Å². The quantitative estimate of drug-likeness (QED) is 0.110. The Hall–Kier alpha value is -4.67. The van der Waals surface area contributed by atoms with Crippen LogP contribution in [0.1, 0.15) is 44.4 Å². The number of nitrogens with zero attached hydrogens (tertiary/aromatic N) is 5. The van der Waals surface area contributed by atoms with E-state index in [9.17, 15) is 36.4 Å². The minimum absolute atomic E-state index is 0.104. The molecule has 17 heteroatoms. The van der Waals surface area contributed by atoms with Crippen LogP contribution in [0.25, 0.3) is 16.9 Å². The largest absolute Gasteiger partial charge is 0.569 e. The highest BCUT2D eigenvalue weighted by Gasteiger charge is 2.36. The molecular formula is C28H31F3N6O7S. The third kappa shape index (κ3) is 8.29. The number of carbonyl (C=O) groups excluding carboxylic acids is 2. The Morgan fingerprint density at radius 1 is 1.18 bits per heavy atom. The highest BCUT2D eigenvalue weighted by molar-refractivity contribution is 7.90. The first-order valence-electron chi connectivity index (χ1n) is 13.9. The molecule has 2 heterocycles. The number of carbonyl (C=O) groups is 2. The van der Waals surface area contributed by atoms with Gasteiger partial charge in [0.1, 0.15) is 0 Å². The van der Waals surface area contributed by atoms with Crippen LogP contribution >= 0.6 is 0 Å². The van der Waals surface area contributed by atoms with Crippen molar-refractivity contribution in [1.29, 1.82) is 0 Å². The predicted molar refractivity (Wildman–Crippen MR) is 151 cm³/mol. The van der Waals surface area contributed by atoms with E-state index in [-0.39, 0.29) is 40.8 Å². The highest BCUT2D eigenvalue weighted by atomic mass is 32.2. The fourth-order valence-electron chi connectivity index (χ4n) is 4.46. The first kappa shape index (κ1) is 33.2. The van der Waals surface area contributed by atoms with Crippen molar-refractivity contribution >= 4 is 21.9 Å². The monoisotopic (exact) mass is 652 g/mol. The van der Waals surface area contributed by atoms with Gasteiger partial charge in [-0.3, -0.25) is 14.4 Å². The van der Waals surface area contributed by atoms with Crippen molar-refractivity contribution in [2.75, 3.05) is 13.1 Å². The van der Waals surface area contributed by atoms with E-state index in [0.29, 0.717) is 18.4 Å². The van der Waals surface area contributed by atoms with E-state index in [1.807, 2.05) is 11.6 Å². The molecule has 13 nitrogen and oxygen atoms in total. The molecule has 1 aromatic heterocycles. The van der Waals surface area contributed by atoms with Crippen molar-refractivity contribution in [2.45, 2.75) is 57.4 Å². The number of sulfonamides is 1. The number of hydrogen-bond donors (Lipinski definition) is 1. The summed E-state index contributed by atoms with van der Waals surface area (Å²) in [4.78, 5) is 28.9. The maximum atomic E-state index is 13.5. The molecule has 45 heavy (non-hydrogen) atoms. The second kappa shape index (κ2) is 13.5. The van der Waals surface area contributed by atoms with Crippen LogP contribution in [0.15, 0.2) is 64.8 Å². The van der Waals surface area contributed by atoms with Gasteiger partial charge in [0.2, 0.25) is 11.2 Å². The maximum Gasteiger partial charge on any atom is 0.435 e. The van der Waals surface area contributed by atoms with Crippen molar-refractivity contribution in [1.82, 2.24) is 19.5 Å². The Bertz CT molecular complexity index is 1660. The number of halogens is 3. The SMILES string of the molecule is CCC(=O)OC(C)O/N=[N+](/[O-])N1CCCC(C(=O)NS(=O)(=O)c2ccc(-n3nc(C(F)(F)F)cc3-c3ccc(C)cc3)cc2)C1. The Kier molecular flexibility index (Phi) is 10.00. The number of aromatic nitrogens is 2. The summed E-state index contributed by atoms with van der Waals surface area (Å²) in [7, 11) is -4.38. The molecule has 0 radical (unpaired) electrons. The molecule has 3 aromatic rings. The Morgan fingerprint density at radius 3 is 2.47 bits per heavy atom. The summed E-state index contributed by atoms with van der Waals surface area (Å²) in [5, 5.41) is 20.5. The summed E-state index contributed by atoms with van der Waals surface area (Å²) in [6.45, 7) is 4.84. The smallest absolute Gasteiger partial charge is 0.435 e. The number of hydrazine groups is 1. The van der Waals surface area contributed by atoms with Crippen molar-refractivity contribution < 1.29 is 45.7 Å². The van der Waals surface area contributed by atoms with Crippen LogP contribution in [0.2, 0.25) is 0 Å². The molecule has 1 aliphatic heterocycles. The standard InChI is InChI=1S/C28H31F3N6O7S/c1-4-26(38)43-19(3)44-34-37(40)35-15-5-6-21(17-35)27(39)33-45(41,42)23-13-11-22(12-14-23)36-24(16-25(32-36)28(29,30)31)20-9-7-18(2)8-10-20/h7-14,16,19,21H,4-6,15,17H2,1-3H3,(H,33,39)/b37-34+. The molecule has 1 saturated heterocycles. The van der Waals surface area contributed by atoms with Crippen molar-refractivity contribution in [2.24, 2.45) is 11.2 Å². The molecule has 1 amide bonds. The molecule has 1 fully saturated rings. The fraction of sp³-hybridized carbons (Fsp3) is 0.393. The minimum Gasteiger partial charge on any atom is -0.569 e. The van der Waals surface area contributed by atoms with Gasteiger partial charge in [-0.25, -0.2) is 17.8 Å². The molecule has 1 aliphatic rings. The number of benzene rings is 2. The summed E-state index contributed by atoms with van der Waals surface area (Å²) in [6.07, 6.45) is -5.07. The lowest BCUT2D eigenvalue weighted by Gasteiger charge is -2.28. The Balaban J connectivity index is 1.46. The second-order valence-corrected chi connectivity index (χ2v) is 11.9. The second-order valence-electron chi connectivity index (χ2n) is 10.3. The van der Waals surface area contributed by atoms with Crippen molar-refractivity contribution in [3.63, 3.8) is 0 Å². The van der Waals surface area contributed by atoms with Crippen molar-refractivity contribution in [3.8, 4) is 16.9 Å². The van der Waals surface area contributed by atoms with Gasteiger partial charge in [-0.1, -0.05) is 36.8 Å². The maximum absolute atomic E-state index is 13.5. The summed E-state index contributed by atoms with van der Waals surface area (Å²) in [5.74, 6) is -2.30. The van der Waals surface area contributed by atoms with Gasteiger partial charge in [0, 0.05) is 18.9 Å². The molecule has 242 valence electrons. The van der Waals surface area contributed by atoms with E-state index >= 15 is 0 Å². The van der Waals surface area contributed by atoms with Crippen LogP contribution in [0.5, 0.6) is 0 Å². The van der Waals surface area contributed by atoms with E-state index in [1.54, 1.807) is 31.2 Å². The topological polar surface area (TPSA) is 158 Å². The van der Waals surface area contributed by atoms with E-state index in [2.05, 4.69) is 10.4 Å². The van der Waals surface area contributed by atoms with Gasteiger partial charge in [-0.05, 0) is 50.1 Å². The minimum atomic E-state index is -4.71. The zero-order chi connectivity index (χ0) is 32.9. The van der Waals surface area contributed by atoms with Gasteiger partial charge >= 0.3 is 12.1 Å². The Morgan fingerprint density at radius 2 is 1.84 bits per heavy atom. The number of piperidine rings is 1. The lowest BCUT2D eigenvalue weighted by atomic mass is 9.99. The number of amides is 1. The summed E-state index contributed by atoms with van der Waals surface area (Å²) < 4.78 is 74.5. The third-order valence-corrected chi connectivity index (χ3v) is 8.20. The molecule has 0 spiro atoms. The molecule has 0 aliphatic carbocycles. The average Bonchev–Trinajstić information content (AvgIpc) is 3.46. The average molecular weight is 653 g/mol. The summed E-state index contributed by atoms with van der Waals surface area (Å²) in [6, 6.07) is 12.6. The molecule has 2 unspecified atom stereocenters. The van der Waals surface area contributed by atoms with Crippen LogP contribution in [-0.2, 0) is 35.4 Å². The number of esters is 1. The molecule has 0 saturated carbocycles. The zero-order valence-corrected chi connectivity index (χ0v) is 25.3. The number of ether oxygens (including phenoxy) is 1. The molecule has 2 aromatic carbocycles. The molecule has 1 N–H and O–H groups in total. The summed E-state index contributed by atoms with van der Waals surface area (Å²) >= 11 is 0. The van der Waals surface area contributed by atoms with Crippen LogP contribution in [0.4, 0.5) is 13.2 Å². The van der Waals surface area contributed by atoms with Gasteiger partial charge in [-0.2, -0.15) is 18.3 Å². The van der Waals surface area contributed by atoms with Gasteiger partial charge in [-0.15, -0.1) is 5.01 Å². The number of hydrogen-bond acceptors (Lipinski definition) is 9. The molecule has 0 bridgehead atoms. The fourth-order valence-corrected chi connectivity index (χ4v) is 5.51. The lowest BCUT2D eigenvalue weighted by molar-refractivity contribution is -0.715. The van der Waals surface area contributed by atoms with E-state index < -0.39 is 46.0 Å². The lowest BCUT2D eigenvalue weighted by Crippen LogP contribution is -2.46. The van der Waals surface area contributed by atoms with Gasteiger partial charge < -0.3 is 9.94 Å². The first-order chi connectivity index (χ1) is 21.2. The third-order valence-electron chi connectivity index (χ3n) is 6.84. The van der Waals surface area contributed by atoms with E-state index in [4.69, 9.17) is 9.57 Å². The number of nitrogens with one attached hydrogen (secondary N) is 1. The van der Waals surface area contributed by atoms with Gasteiger partial charge in [0.05, 0.1) is 40.3 Å². The van der Waals surface area contributed by atoms with Crippen LogP contribution < -0.4 is 4.72 Å².